The van der Waals surface area contributed by atoms with Crippen LogP contribution in [0, 0.1) is 41.4 Å². The number of ether oxygens (including phenoxy) is 1. The molecular weight excluding hydrogens is 1250 g/mol. The molecule has 5 heterocycles. The number of morpholine rings is 1. The van der Waals surface area contributed by atoms with Crippen molar-refractivity contribution in [2.24, 2.45) is 41.4 Å². The van der Waals surface area contributed by atoms with Gasteiger partial charge in [0, 0.05) is 95.2 Å². The van der Waals surface area contributed by atoms with E-state index in [-0.39, 0.29) is 4.92 Å². The van der Waals surface area contributed by atoms with Gasteiger partial charge in [-0.25, -0.2) is 0 Å². The molecule has 5 fully saturated rings. The van der Waals surface area contributed by atoms with Gasteiger partial charge in [-0.15, -0.1) is 0 Å². The molecule has 0 amide bonds. The molecule has 2 unspecified atom stereocenters. The van der Waals surface area contributed by atoms with Crippen LogP contribution in [0.15, 0.2) is 0 Å². The third-order valence-electron chi connectivity index (χ3n) is 14.2. The Morgan fingerprint density at radius 1 is 0.310 bits per heavy atom. The van der Waals surface area contributed by atoms with E-state index in [0.717, 1.165) is 85.4 Å². The van der Waals surface area contributed by atoms with Gasteiger partial charge in [-0.05, 0) is 163 Å². The molecule has 7 nitrogen and oxygen atoms in total. The number of piperazine rings is 1. The van der Waals surface area contributed by atoms with Crippen molar-refractivity contribution in [3.63, 3.8) is 0 Å². The number of halogens is 3. The summed E-state index contributed by atoms with van der Waals surface area (Å²) in [5.41, 5.74) is 0. The van der Waals surface area contributed by atoms with Crippen molar-refractivity contribution < 1.29 is 9.66 Å². The third kappa shape index (κ3) is 45.0. The summed E-state index contributed by atoms with van der Waals surface area (Å²) in [5.74, 6) is 6.21. The molecule has 5 aliphatic heterocycles. The van der Waals surface area contributed by atoms with Gasteiger partial charge in [0.1, 0.15) is 0 Å². The molecule has 71 heavy (non-hydrogen) atoms. The van der Waals surface area contributed by atoms with Crippen LogP contribution < -0.4 is 0 Å². The molecule has 5 saturated heterocycles. The van der Waals surface area contributed by atoms with Crippen molar-refractivity contribution >= 4 is 59.9 Å². The van der Waals surface area contributed by atoms with Crippen molar-refractivity contribution in [3.05, 3.63) is 0 Å². The maximum absolute atomic E-state index is 5.68. The van der Waals surface area contributed by atoms with Crippen molar-refractivity contribution in [1.82, 2.24) is 29.4 Å². The van der Waals surface area contributed by atoms with Crippen LogP contribution in [-0.2, 0) is 9.66 Å². The number of likely N-dealkylation sites (tertiary alicyclic amines) is 3. The van der Waals surface area contributed by atoms with Gasteiger partial charge in [-0.3, -0.25) is 14.7 Å². The average Bonchev–Trinajstić information content (AvgIpc) is 3.84. The zero-order chi connectivity index (χ0) is 57.1. The predicted octanol–water partition coefficient (Wildman–Crippen LogP) is 18.1. The van der Waals surface area contributed by atoms with E-state index in [4.69, 9.17) is 4.74 Å². The predicted molar refractivity (Wildman–Crippen MR) is 352 cm³/mol. The van der Waals surface area contributed by atoms with Crippen LogP contribution in [0.2, 0.25) is 0 Å². The molecule has 0 aliphatic carbocycles. The van der Waals surface area contributed by atoms with Gasteiger partial charge in [0.05, 0.1) is 12.7 Å². The molecular formula is C60H136I3N6OV. The van der Waals surface area contributed by atoms with E-state index in [9.17, 15) is 0 Å². The fourth-order valence-electron chi connectivity index (χ4n) is 8.66. The van der Waals surface area contributed by atoms with Crippen molar-refractivity contribution in [2.45, 2.75) is 269 Å². The van der Waals surface area contributed by atoms with Crippen LogP contribution in [0.4, 0.5) is 0 Å². The quantitative estimate of drug-likeness (QED) is 0.201. The van der Waals surface area contributed by atoms with Gasteiger partial charge < -0.3 is 19.4 Å². The van der Waals surface area contributed by atoms with E-state index < -0.39 is 0 Å². The average molecular weight is 1390 g/mol. The van der Waals surface area contributed by atoms with Crippen molar-refractivity contribution in [2.75, 3.05) is 85.1 Å². The Hall–Kier alpha value is 2.49. The number of rotatable bonds is 10. The molecule has 0 spiro atoms. The Kier molecular flexibility index (Phi) is 65.0. The minimum absolute atomic E-state index is 0.278. The zero-order valence-electron chi connectivity index (χ0n) is 54.1. The van der Waals surface area contributed by atoms with Gasteiger partial charge in [-0.2, -0.15) is 0 Å². The van der Waals surface area contributed by atoms with E-state index in [2.05, 4.69) is 228 Å². The van der Waals surface area contributed by atoms with E-state index >= 15 is 0 Å². The Morgan fingerprint density at radius 3 is 0.817 bits per heavy atom. The first-order valence-corrected chi connectivity index (χ1v) is 43.6. The summed E-state index contributed by atoms with van der Waals surface area (Å²) in [6.45, 7) is 81.9. The molecule has 0 aromatic heterocycles. The van der Waals surface area contributed by atoms with E-state index in [1.165, 1.54) is 84.7 Å². The van der Waals surface area contributed by atoms with Gasteiger partial charge >= 0.3 is 64.9 Å². The molecule has 11 heteroatoms. The Balaban J connectivity index is -0.000000175. The fraction of sp³-hybridized carbons (Fsp3) is 1.00. The first-order chi connectivity index (χ1) is 33.3. The molecule has 0 bridgehead atoms. The molecule has 5 rings (SSSR count). The summed E-state index contributed by atoms with van der Waals surface area (Å²) in [4.78, 5) is 15.0. The molecule has 0 aromatic carbocycles. The van der Waals surface area contributed by atoms with Crippen molar-refractivity contribution in [3.8, 4) is 0 Å². The fourth-order valence-corrected chi connectivity index (χ4v) is 8.66. The molecule has 2 atom stereocenters. The van der Waals surface area contributed by atoms with Crippen LogP contribution in [0.5, 0.6) is 0 Å². The van der Waals surface area contributed by atoms with Crippen LogP contribution in [0.1, 0.15) is 227 Å². The van der Waals surface area contributed by atoms with E-state index in [1.54, 1.807) is 0 Å². The van der Waals surface area contributed by atoms with E-state index in [1.807, 2.05) is 69.2 Å². The van der Waals surface area contributed by atoms with Crippen LogP contribution in [-0.4, -0.2) is 157 Å². The molecule has 0 saturated carbocycles. The number of hydrogen-bond donors (Lipinski definition) is 0. The number of piperidine rings is 1. The number of hydrogen-bond acceptors (Lipinski definition) is 7. The van der Waals surface area contributed by atoms with Gasteiger partial charge in [0.15, 0.2) is 0 Å². The van der Waals surface area contributed by atoms with Crippen molar-refractivity contribution in [1.29, 1.82) is 0 Å². The summed E-state index contributed by atoms with van der Waals surface area (Å²) in [7, 11) is 0. The molecule has 5 aliphatic rings. The SMILES string of the molecule is CC.CC.CC.CC.CC.CC(C)C1CCN(C(C)C)C1.CC(C)C1CCN(C(C)C)CC1.CC(C)C1CN(C(C)C)C1.CC(C)C1CN(C(C)C)CCO1.CC(C)N1CCN(C(C)C)CC1.[I][V]([I])[I]. The second-order valence-corrected chi connectivity index (χ2v) is 57.2. The molecule has 438 valence electrons. The summed E-state index contributed by atoms with van der Waals surface area (Å²) in [6.07, 6.45) is 4.68. The third-order valence-corrected chi connectivity index (χ3v) is 14.2. The van der Waals surface area contributed by atoms with Crippen LogP contribution in [0.3, 0.4) is 0 Å². The molecule has 0 aromatic rings. The topological polar surface area (TPSA) is 28.7 Å². The summed E-state index contributed by atoms with van der Waals surface area (Å²) in [5, 5.41) is 0. The maximum atomic E-state index is 5.68. The van der Waals surface area contributed by atoms with Crippen LogP contribution >= 0.6 is 59.9 Å². The molecule has 0 N–H and O–H groups in total. The second-order valence-electron chi connectivity index (χ2n) is 21.8. The Bertz CT molecular complexity index is 923. The minimum atomic E-state index is -0.278. The monoisotopic (exact) mass is 1390 g/mol. The summed E-state index contributed by atoms with van der Waals surface area (Å²) in [6, 6.07) is 4.36. The van der Waals surface area contributed by atoms with Gasteiger partial charge in [-0.1, -0.05) is 125 Å². The summed E-state index contributed by atoms with van der Waals surface area (Å²) >= 11 is 7.39. The molecule has 0 radical (unpaired) electrons. The van der Waals surface area contributed by atoms with E-state index in [0.29, 0.717) is 18.1 Å². The number of nitrogens with zero attached hydrogens (tertiary/aromatic N) is 6. The van der Waals surface area contributed by atoms with Gasteiger partial charge in [0.2, 0.25) is 0 Å². The zero-order valence-corrected chi connectivity index (χ0v) is 61.9. The summed E-state index contributed by atoms with van der Waals surface area (Å²) < 4.78 is 5.68. The Morgan fingerprint density at radius 2 is 0.563 bits per heavy atom. The van der Waals surface area contributed by atoms with Crippen LogP contribution in [0.25, 0.3) is 0 Å². The first-order valence-electron chi connectivity index (χ1n) is 30.1. The standard InChI is InChI=1S/C11H23N.C10H22N2.C10H21NO.C10H21N.C9H19N.5C2H6.3HI.V/c2*1-9(2)11-5-7-12(8-6-11)10(3)4;1-8(2)10-7-11(9(3)4)5-6-12-10;1-8(2)10-5-6-11(7-10)9(3)4;1-7(2)9-5-10(6-9)8(3)4;5*1-2;;;;/h9-11H,5-8H2,1-4H3;9-10H,5-8H2,1-4H3;8-10H,5-7H2,1-4H3;8-10H,5-7H2,1-4H3;7-9H,5-6H2,1-4H3;5*1-2H3;3*1H;/q;;;;;;;;;;;;;+3/p-3. The van der Waals surface area contributed by atoms with Gasteiger partial charge in [0.25, 0.3) is 0 Å². The normalized spacial score (nSPS) is 20.5. The Labute approximate surface area is 490 Å². The first kappa shape index (κ1) is 84.8. The second kappa shape index (κ2) is 54.5.